The molecule has 2 saturated carbocycles. The second-order valence-corrected chi connectivity index (χ2v) is 6.67. The first-order chi connectivity index (χ1) is 11.3. The molecule has 5 nitrogen and oxygen atoms in total. The zero-order valence-corrected chi connectivity index (χ0v) is 13.3. The van der Waals surface area contributed by atoms with Crippen molar-refractivity contribution >= 4 is 11.9 Å². The number of carbonyl (C=O) groups is 2. The van der Waals surface area contributed by atoms with E-state index in [1.807, 2.05) is 6.07 Å². The van der Waals surface area contributed by atoms with E-state index in [9.17, 15) is 18.4 Å². The van der Waals surface area contributed by atoms with Crippen LogP contribution in [0, 0.1) is 0 Å². The average molecular weight is 337 g/mol. The molecule has 0 heterocycles. The number of urea groups is 1. The number of nitrogens with zero attached hydrogens (tertiary/aromatic N) is 1. The van der Waals surface area contributed by atoms with Gasteiger partial charge in [-0.25, -0.2) is 13.6 Å². The third-order valence-electron chi connectivity index (χ3n) is 4.54. The van der Waals surface area contributed by atoms with Gasteiger partial charge < -0.3 is 16.0 Å². The molecule has 2 fully saturated rings. The molecule has 0 bridgehead atoms. The summed E-state index contributed by atoms with van der Waals surface area (Å²) in [7, 11) is 0. The topological polar surface area (TPSA) is 75.4 Å². The third kappa shape index (κ3) is 4.01. The van der Waals surface area contributed by atoms with Crippen molar-refractivity contribution in [2.75, 3.05) is 0 Å². The Balaban J connectivity index is 1.65. The molecule has 1 unspecified atom stereocenters. The number of carbonyl (C=O) groups excluding carboxylic acids is 2. The maximum atomic E-state index is 13.3. The van der Waals surface area contributed by atoms with Crippen LogP contribution in [0.3, 0.4) is 0 Å². The standard InChI is InChI=1S/C17H21F2N3O2/c18-17(19)7-6-13(9-17)21-16(24)22(14-4-5-14)10-11-2-1-3-12(8-11)15(20)23/h1-3,8,13-14H,4-7,9-10H2,(H2,20,23)(H,21,24). The minimum Gasteiger partial charge on any atom is -0.366 e. The van der Waals surface area contributed by atoms with Crippen molar-refractivity contribution in [1.29, 1.82) is 0 Å². The molecule has 3 amide bonds. The van der Waals surface area contributed by atoms with Crippen molar-refractivity contribution in [2.24, 2.45) is 5.73 Å². The summed E-state index contributed by atoms with van der Waals surface area (Å²) in [6.07, 6.45) is 1.64. The number of hydrogen-bond donors (Lipinski definition) is 2. The van der Waals surface area contributed by atoms with Crippen LogP contribution >= 0.6 is 0 Å². The van der Waals surface area contributed by atoms with Crippen molar-refractivity contribution in [3.8, 4) is 0 Å². The van der Waals surface area contributed by atoms with Gasteiger partial charge in [-0.1, -0.05) is 12.1 Å². The predicted molar refractivity (Wildman–Crippen MR) is 84.6 cm³/mol. The van der Waals surface area contributed by atoms with Crippen LogP contribution < -0.4 is 11.1 Å². The molecule has 1 aromatic carbocycles. The van der Waals surface area contributed by atoms with Crippen LogP contribution in [-0.4, -0.2) is 34.8 Å². The number of nitrogens with one attached hydrogen (secondary N) is 1. The zero-order valence-electron chi connectivity index (χ0n) is 13.3. The van der Waals surface area contributed by atoms with Gasteiger partial charge in [0.25, 0.3) is 0 Å². The Morgan fingerprint density at radius 1 is 1.29 bits per heavy atom. The lowest BCUT2D eigenvalue weighted by atomic mass is 10.1. The summed E-state index contributed by atoms with van der Waals surface area (Å²) in [5.41, 5.74) is 6.46. The van der Waals surface area contributed by atoms with Gasteiger partial charge in [0.2, 0.25) is 11.8 Å². The van der Waals surface area contributed by atoms with E-state index >= 15 is 0 Å². The Morgan fingerprint density at radius 3 is 2.62 bits per heavy atom. The quantitative estimate of drug-likeness (QED) is 0.867. The number of primary amides is 1. The molecule has 0 aliphatic heterocycles. The lowest BCUT2D eigenvalue weighted by molar-refractivity contribution is 0.00716. The highest BCUT2D eigenvalue weighted by atomic mass is 19.3. The fourth-order valence-corrected chi connectivity index (χ4v) is 3.10. The maximum Gasteiger partial charge on any atom is 0.318 e. The van der Waals surface area contributed by atoms with Gasteiger partial charge in [0, 0.05) is 37.0 Å². The van der Waals surface area contributed by atoms with Crippen LogP contribution in [0.1, 0.15) is 48.0 Å². The summed E-state index contributed by atoms with van der Waals surface area (Å²) in [5, 5.41) is 2.73. The van der Waals surface area contributed by atoms with Gasteiger partial charge in [-0.05, 0) is 37.0 Å². The molecule has 130 valence electrons. The first-order valence-corrected chi connectivity index (χ1v) is 8.18. The van der Waals surface area contributed by atoms with Gasteiger partial charge in [0.15, 0.2) is 0 Å². The van der Waals surface area contributed by atoms with E-state index in [-0.39, 0.29) is 24.9 Å². The number of amides is 3. The zero-order chi connectivity index (χ0) is 17.3. The van der Waals surface area contributed by atoms with Gasteiger partial charge in [-0.2, -0.15) is 0 Å². The first-order valence-electron chi connectivity index (χ1n) is 8.18. The molecule has 3 N–H and O–H groups in total. The molecule has 0 aromatic heterocycles. The highest BCUT2D eigenvalue weighted by Gasteiger charge is 2.41. The molecule has 24 heavy (non-hydrogen) atoms. The Bertz CT molecular complexity index is 646. The van der Waals surface area contributed by atoms with Gasteiger partial charge in [0.1, 0.15) is 0 Å². The number of halogens is 2. The lowest BCUT2D eigenvalue weighted by Gasteiger charge is -2.25. The molecule has 0 radical (unpaired) electrons. The highest BCUT2D eigenvalue weighted by Crippen LogP contribution is 2.35. The summed E-state index contributed by atoms with van der Waals surface area (Å²) in [5.74, 6) is -3.20. The van der Waals surface area contributed by atoms with Crippen molar-refractivity contribution in [1.82, 2.24) is 10.2 Å². The monoisotopic (exact) mass is 337 g/mol. The van der Waals surface area contributed by atoms with Crippen LogP contribution in [0.15, 0.2) is 24.3 Å². The van der Waals surface area contributed by atoms with Gasteiger partial charge >= 0.3 is 6.03 Å². The molecule has 1 atom stereocenters. The summed E-state index contributed by atoms with van der Waals surface area (Å²) < 4.78 is 26.6. The Hall–Kier alpha value is -2.18. The Morgan fingerprint density at radius 2 is 2.04 bits per heavy atom. The molecular formula is C17H21F2N3O2. The number of benzene rings is 1. The molecule has 1 aromatic rings. The lowest BCUT2D eigenvalue weighted by Crippen LogP contribution is -2.45. The summed E-state index contributed by atoms with van der Waals surface area (Å²) in [6.45, 7) is 0.334. The molecule has 2 aliphatic carbocycles. The average Bonchev–Trinajstić information content (AvgIpc) is 3.29. The SMILES string of the molecule is NC(=O)c1cccc(CN(C(=O)NC2CCC(F)(F)C2)C2CC2)c1. The minimum absolute atomic E-state index is 0.129. The van der Waals surface area contributed by atoms with Crippen molar-refractivity contribution in [3.05, 3.63) is 35.4 Å². The van der Waals surface area contributed by atoms with Crippen LogP contribution in [0.2, 0.25) is 0 Å². The van der Waals surface area contributed by atoms with Crippen LogP contribution in [-0.2, 0) is 6.54 Å². The second kappa shape index (κ2) is 6.37. The number of rotatable bonds is 5. The van der Waals surface area contributed by atoms with Gasteiger partial charge in [-0.3, -0.25) is 4.79 Å². The second-order valence-electron chi connectivity index (χ2n) is 6.67. The first kappa shape index (κ1) is 16.7. The Kier molecular flexibility index (Phi) is 4.43. The van der Waals surface area contributed by atoms with E-state index in [0.717, 1.165) is 18.4 Å². The molecule has 3 rings (SSSR count). The van der Waals surface area contributed by atoms with Crippen LogP contribution in [0.4, 0.5) is 13.6 Å². The van der Waals surface area contributed by atoms with E-state index in [4.69, 9.17) is 5.73 Å². The van der Waals surface area contributed by atoms with E-state index < -0.39 is 17.9 Å². The maximum absolute atomic E-state index is 13.3. The fraction of sp³-hybridized carbons (Fsp3) is 0.529. The van der Waals surface area contributed by atoms with Gasteiger partial charge in [-0.15, -0.1) is 0 Å². The van der Waals surface area contributed by atoms with E-state index in [1.54, 1.807) is 23.1 Å². The minimum atomic E-state index is -2.68. The predicted octanol–water partition coefficient (Wildman–Crippen LogP) is 2.65. The van der Waals surface area contributed by atoms with Crippen LogP contribution in [0.5, 0.6) is 0 Å². The van der Waals surface area contributed by atoms with Crippen LogP contribution in [0.25, 0.3) is 0 Å². The molecule has 7 heteroatoms. The number of alkyl halides is 2. The smallest absolute Gasteiger partial charge is 0.318 e. The van der Waals surface area contributed by atoms with E-state index in [0.29, 0.717) is 18.5 Å². The number of hydrogen-bond acceptors (Lipinski definition) is 2. The van der Waals surface area contributed by atoms with E-state index in [1.165, 1.54) is 0 Å². The number of nitrogens with two attached hydrogens (primary N) is 1. The van der Waals surface area contributed by atoms with Crippen molar-refractivity contribution in [2.45, 2.75) is 56.7 Å². The summed E-state index contributed by atoms with van der Waals surface area (Å²) in [4.78, 5) is 25.4. The molecule has 2 aliphatic rings. The Labute approximate surface area is 139 Å². The third-order valence-corrected chi connectivity index (χ3v) is 4.54. The molecule has 0 saturated heterocycles. The summed E-state index contributed by atoms with van der Waals surface area (Å²) in [6, 6.07) is 6.15. The molecular weight excluding hydrogens is 316 g/mol. The normalized spacial score (nSPS) is 22.2. The van der Waals surface area contributed by atoms with Crippen molar-refractivity contribution in [3.63, 3.8) is 0 Å². The molecule has 0 spiro atoms. The van der Waals surface area contributed by atoms with Crippen molar-refractivity contribution < 1.29 is 18.4 Å². The largest absolute Gasteiger partial charge is 0.366 e. The summed E-state index contributed by atoms with van der Waals surface area (Å²) >= 11 is 0. The van der Waals surface area contributed by atoms with Gasteiger partial charge in [0.05, 0.1) is 0 Å². The highest BCUT2D eigenvalue weighted by molar-refractivity contribution is 5.92. The van der Waals surface area contributed by atoms with E-state index in [2.05, 4.69) is 5.32 Å². The fourth-order valence-electron chi connectivity index (χ4n) is 3.10.